The average Bonchev–Trinajstić information content (AvgIpc) is 2.91. The van der Waals surface area contributed by atoms with Gasteiger partial charge >= 0.3 is 5.97 Å². The second kappa shape index (κ2) is 10.4. The molecule has 184 valence electrons. The third-order valence-corrected chi connectivity index (χ3v) is 5.89. The van der Waals surface area contributed by atoms with Gasteiger partial charge < -0.3 is 19.4 Å². The molecule has 0 aliphatic heterocycles. The lowest BCUT2D eigenvalue weighted by Gasteiger charge is -2.14. The summed E-state index contributed by atoms with van der Waals surface area (Å²) in [5.41, 5.74) is 2.81. The van der Waals surface area contributed by atoms with E-state index in [1.807, 2.05) is 43.3 Å². The number of hydrogen-bond donors (Lipinski definition) is 1. The highest BCUT2D eigenvalue weighted by Crippen LogP contribution is 2.24. The summed E-state index contributed by atoms with van der Waals surface area (Å²) in [6.07, 6.45) is 0. The Morgan fingerprint density at radius 1 is 0.784 bits per heavy atom. The Morgan fingerprint density at radius 3 is 2.08 bits per heavy atom. The molecule has 5 aromatic rings. The fourth-order valence-electron chi connectivity index (χ4n) is 4.19. The molecule has 1 heterocycles. The third-order valence-electron chi connectivity index (χ3n) is 5.89. The molecule has 1 amide bonds. The average molecular weight is 493 g/mol. The van der Waals surface area contributed by atoms with Gasteiger partial charge in [-0.25, -0.2) is 0 Å². The summed E-state index contributed by atoms with van der Waals surface area (Å²) in [5, 5.41) is 3.74. The van der Waals surface area contributed by atoms with Gasteiger partial charge in [-0.1, -0.05) is 36.4 Å². The number of hydrogen-bond acceptors (Lipinski definition) is 5. The van der Waals surface area contributed by atoms with Crippen LogP contribution in [0.2, 0.25) is 0 Å². The number of benzene rings is 4. The Labute approximate surface area is 212 Å². The Morgan fingerprint density at radius 2 is 1.43 bits per heavy atom. The Hall–Kier alpha value is -4.91. The molecule has 7 heteroatoms. The second-order valence-electron chi connectivity index (χ2n) is 8.60. The van der Waals surface area contributed by atoms with Crippen molar-refractivity contribution in [2.24, 2.45) is 0 Å². The Bertz CT molecular complexity index is 1610. The summed E-state index contributed by atoms with van der Waals surface area (Å²) in [6, 6.07) is 28.9. The number of fused-ring (bicyclic) bond motifs is 2. The number of carbonyl (C=O) groups excluding carboxylic acids is 2. The van der Waals surface area contributed by atoms with Gasteiger partial charge in [0.05, 0.1) is 11.0 Å². The van der Waals surface area contributed by atoms with Gasteiger partial charge in [0, 0.05) is 16.5 Å². The molecule has 37 heavy (non-hydrogen) atoms. The lowest BCUT2D eigenvalue weighted by molar-refractivity contribution is -0.147. The minimum atomic E-state index is -0.587. The van der Waals surface area contributed by atoms with Gasteiger partial charge in [0.15, 0.2) is 12.0 Å². The summed E-state index contributed by atoms with van der Waals surface area (Å²) in [7, 11) is 0. The first kappa shape index (κ1) is 23.8. The summed E-state index contributed by atoms with van der Waals surface area (Å²) in [4.78, 5) is 37.9. The summed E-state index contributed by atoms with van der Waals surface area (Å²) in [6.45, 7) is 1.42. The zero-order valence-corrected chi connectivity index (χ0v) is 20.1. The fourth-order valence-corrected chi connectivity index (χ4v) is 4.19. The van der Waals surface area contributed by atoms with E-state index in [0.717, 1.165) is 11.3 Å². The Kier molecular flexibility index (Phi) is 6.68. The van der Waals surface area contributed by atoms with E-state index in [2.05, 4.69) is 5.32 Å². The molecule has 0 saturated carbocycles. The van der Waals surface area contributed by atoms with Crippen LogP contribution in [0.4, 0.5) is 5.69 Å². The van der Waals surface area contributed by atoms with E-state index in [1.165, 1.54) is 0 Å². The monoisotopic (exact) mass is 492 g/mol. The van der Waals surface area contributed by atoms with Crippen molar-refractivity contribution in [2.45, 2.75) is 13.5 Å². The van der Waals surface area contributed by atoms with Gasteiger partial charge in [-0.3, -0.25) is 14.4 Å². The van der Waals surface area contributed by atoms with Crippen LogP contribution >= 0.6 is 0 Å². The standard InChI is InChI=1S/C30H24N2O5/c1-20-7-6-8-23(17-20)37-22-15-13-21(14-16-22)31-28(33)19-36-29(34)18-32-26-11-4-2-9-24(26)30(35)25-10-3-5-12-27(25)32/h2-17H,18-19H2,1H3,(H,31,33). The van der Waals surface area contributed by atoms with E-state index in [-0.39, 0.29) is 12.0 Å². The summed E-state index contributed by atoms with van der Waals surface area (Å²) >= 11 is 0. The molecule has 0 fully saturated rings. The molecule has 0 spiro atoms. The zero-order chi connectivity index (χ0) is 25.8. The van der Waals surface area contributed by atoms with E-state index in [4.69, 9.17) is 9.47 Å². The second-order valence-corrected chi connectivity index (χ2v) is 8.60. The van der Waals surface area contributed by atoms with Crippen LogP contribution in [0.15, 0.2) is 102 Å². The van der Waals surface area contributed by atoms with Crippen LogP contribution in [0.1, 0.15) is 5.56 Å². The smallest absolute Gasteiger partial charge is 0.326 e. The van der Waals surface area contributed by atoms with Crippen LogP contribution in [0.25, 0.3) is 21.8 Å². The van der Waals surface area contributed by atoms with Crippen LogP contribution in [0.5, 0.6) is 11.5 Å². The normalized spacial score (nSPS) is 10.8. The first-order chi connectivity index (χ1) is 18.0. The van der Waals surface area contributed by atoms with Gasteiger partial charge in [-0.05, 0) is 73.2 Å². The van der Waals surface area contributed by atoms with Crippen molar-refractivity contribution >= 4 is 39.4 Å². The van der Waals surface area contributed by atoms with Gasteiger partial charge in [0.2, 0.25) is 0 Å². The maximum Gasteiger partial charge on any atom is 0.326 e. The van der Waals surface area contributed by atoms with Crippen LogP contribution in [-0.2, 0) is 20.9 Å². The van der Waals surface area contributed by atoms with E-state index in [9.17, 15) is 14.4 Å². The molecular weight excluding hydrogens is 468 g/mol. The number of aromatic nitrogens is 1. The predicted molar refractivity (Wildman–Crippen MR) is 143 cm³/mol. The number of nitrogens with zero attached hydrogens (tertiary/aromatic N) is 1. The maximum atomic E-state index is 12.9. The number of anilines is 1. The molecular formula is C30H24N2O5. The highest BCUT2D eigenvalue weighted by molar-refractivity contribution is 5.95. The molecule has 0 saturated heterocycles. The van der Waals surface area contributed by atoms with Crippen molar-refractivity contribution in [3.05, 3.63) is 113 Å². The summed E-state index contributed by atoms with van der Waals surface area (Å²) < 4.78 is 12.8. The topological polar surface area (TPSA) is 86.6 Å². The number of carbonyl (C=O) groups is 2. The van der Waals surface area contributed by atoms with E-state index in [0.29, 0.717) is 33.2 Å². The van der Waals surface area contributed by atoms with Gasteiger partial charge in [0.25, 0.3) is 5.91 Å². The molecule has 1 N–H and O–H groups in total. The van der Waals surface area contributed by atoms with E-state index in [1.54, 1.807) is 65.2 Å². The van der Waals surface area contributed by atoms with Crippen molar-refractivity contribution in [3.8, 4) is 11.5 Å². The van der Waals surface area contributed by atoms with E-state index < -0.39 is 18.5 Å². The van der Waals surface area contributed by atoms with Crippen molar-refractivity contribution in [1.29, 1.82) is 0 Å². The number of rotatable bonds is 7. The highest BCUT2D eigenvalue weighted by Gasteiger charge is 2.15. The van der Waals surface area contributed by atoms with Gasteiger partial charge in [0.1, 0.15) is 18.0 Å². The number of para-hydroxylation sites is 2. The predicted octanol–water partition coefficient (Wildman–Crippen LogP) is 5.44. The third kappa shape index (κ3) is 5.36. The molecule has 0 bridgehead atoms. The quantitative estimate of drug-likeness (QED) is 0.242. The molecule has 0 aliphatic rings. The molecule has 0 aliphatic carbocycles. The number of nitrogens with one attached hydrogen (secondary N) is 1. The van der Waals surface area contributed by atoms with Crippen molar-refractivity contribution in [3.63, 3.8) is 0 Å². The number of aryl methyl sites for hydroxylation is 1. The number of amides is 1. The zero-order valence-electron chi connectivity index (χ0n) is 20.1. The van der Waals surface area contributed by atoms with Crippen LogP contribution < -0.4 is 15.5 Å². The first-order valence-electron chi connectivity index (χ1n) is 11.8. The van der Waals surface area contributed by atoms with Crippen LogP contribution in [-0.4, -0.2) is 23.1 Å². The molecule has 5 rings (SSSR count). The van der Waals surface area contributed by atoms with Crippen molar-refractivity contribution < 1.29 is 19.1 Å². The first-order valence-corrected chi connectivity index (χ1v) is 11.8. The fraction of sp³-hybridized carbons (Fsp3) is 0.100. The maximum absolute atomic E-state index is 12.9. The van der Waals surface area contributed by atoms with Crippen molar-refractivity contribution in [2.75, 3.05) is 11.9 Å². The molecule has 1 aromatic heterocycles. The number of ether oxygens (including phenoxy) is 2. The SMILES string of the molecule is Cc1cccc(Oc2ccc(NC(=O)COC(=O)Cn3c4ccccc4c(=O)c4ccccc43)cc2)c1. The summed E-state index contributed by atoms with van der Waals surface area (Å²) in [5.74, 6) is 0.314. The molecule has 0 atom stereocenters. The molecule has 0 radical (unpaired) electrons. The van der Waals surface area contributed by atoms with Crippen LogP contribution in [0.3, 0.4) is 0 Å². The minimum Gasteiger partial charge on any atom is -0.457 e. The van der Waals surface area contributed by atoms with Crippen molar-refractivity contribution in [1.82, 2.24) is 4.57 Å². The lowest BCUT2D eigenvalue weighted by Crippen LogP contribution is -2.24. The largest absolute Gasteiger partial charge is 0.457 e. The minimum absolute atomic E-state index is 0.0921. The molecule has 0 unspecified atom stereocenters. The Balaban J connectivity index is 1.22. The molecule has 4 aromatic carbocycles. The number of esters is 1. The highest BCUT2D eigenvalue weighted by atomic mass is 16.5. The number of pyridine rings is 1. The van der Waals surface area contributed by atoms with Crippen LogP contribution in [0, 0.1) is 6.92 Å². The lowest BCUT2D eigenvalue weighted by atomic mass is 10.1. The van der Waals surface area contributed by atoms with E-state index >= 15 is 0 Å². The van der Waals surface area contributed by atoms with Gasteiger partial charge in [-0.15, -0.1) is 0 Å². The molecule has 7 nitrogen and oxygen atoms in total. The van der Waals surface area contributed by atoms with Gasteiger partial charge in [-0.2, -0.15) is 0 Å².